The van der Waals surface area contributed by atoms with Crippen molar-refractivity contribution in [1.82, 2.24) is 0 Å². The number of anilines is 2. The zero-order valence-corrected chi connectivity index (χ0v) is 18.5. The molecule has 3 aromatic rings. The monoisotopic (exact) mass is 479 g/mol. The van der Waals surface area contributed by atoms with Gasteiger partial charge in [0, 0.05) is 16.9 Å². The van der Waals surface area contributed by atoms with E-state index >= 15 is 0 Å². The van der Waals surface area contributed by atoms with E-state index in [9.17, 15) is 28.0 Å². The molecule has 0 aliphatic rings. The Kier molecular flexibility index (Phi) is 7.89. The number of halogens is 3. The van der Waals surface area contributed by atoms with Gasteiger partial charge in [-0.05, 0) is 49.4 Å². The molecule has 6 nitrogen and oxygen atoms in total. The number of hydrogen-bond acceptors (Lipinski definition) is 4. The van der Waals surface area contributed by atoms with Crippen LogP contribution in [0.1, 0.15) is 16.7 Å². The second-order valence-electron chi connectivity index (χ2n) is 7.44. The van der Waals surface area contributed by atoms with Crippen LogP contribution in [0.4, 0.5) is 24.5 Å². The quantitative estimate of drug-likeness (QED) is 0.342. The van der Waals surface area contributed by atoms with Crippen molar-refractivity contribution in [3.05, 3.63) is 95.1 Å². The van der Waals surface area contributed by atoms with E-state index in [-0.39, 0.29) is 23.6 Å². The molecule has 0 saturated heterocycles. The van der Waals surface area contributed by atoms with Gasteiger partial charge in [0.05, 0.1) is 5.56 Å². The fourth-order valence-corrected chi connectivity index (χ4v) is 2.98. The summed E-state index contributed by atoms with van der Waals surface area (Å²) in [5.41, 5.74) is 0.596. The lowest BCUT2D eigenvalue weighted by atomic mass is 10.1. The molecule has 2 N–H and O–H groups in total. The lowest BCUT2D eigenvalue weighted by molar-refractivity contribution is -0.137. The van der Waals surface area contributed by atoms with Crippen molar-refractivity contribution in [2.75, 3.05) is 17.2 Å². The highest BCUT2D eigenvalue weighted by Gasteiger charge is 2.30. The van der Waals surface area contributed by atoms with Crippen LogP contribution < -0.4 is 15.4 Å². The van der Waals surface area contributed by atoms with Gasteiger partial charge < -0.3 is 15.4 Å². The molecule has 0 bridgehead atoms. The van der Waals surface area contributed by atoms with Gasteiger partial charge in [0.15, 0.2) is 6.61 Å². The summed E-state index contributed by atoms with van der Waals surface area (Å²) in [5, 5.41) is 14.4. The van der Waals surface area contributed by atoms with Crippen LogP contribution in [-0.4, -0.2) is 18.4 Å². The van der Waals surface area contributed by atoms with E-state index in [0.717, 1.165) is 23.8 Å². The smallest absolute Gasteiger partial charge is 0.416 e. The van der Waals surface area contributed by atoms with Crippen molar-refractivity contribution in [2.24, 2.45) is 0 Å². The third-order valence-corrected chi connectivity index (χ3v) is 4.73. The summed E-state index contributed by atoms with van der Waals surface area (Å²) in [6.45, 7) is 1.60. The maximum Gasteiger partial charge on any atom is 0.416 e. The van der Waals surface area contributed by atoms with Crippen LogP contribution in [0.2, 0.25) is 0 Å². The minimum atomic E-state index is -4.57. The second kappa shape index (κ2) is 11.0. The molecule has 3 rings (SSSR count). The van der Waals surface area contributed by atoms with Crippen LogP contribution in [0.5, 0.6) is 5.75 Å². The lowest BCUT2D eigenvalue weighted by Gasteiger charge is -2.11. The first-order valence-electron chi connectivity index (χ1n) is 10.3. The van der Waals surface area contributed by atoms with Crippen molar-refractivity contribution >= 4 is 29.3 Å². The molecule has 0 saturated carbocycles. The molecule has 2 amide bonds. The summed E-state index contributed by atoms with van der Waals surface area (Å²) in [6.07, 6.45) is -3.34. The third-order valence-electron chi connectivity index (χ3n) is 4.73. The average Bonchev–Trinajstić information content (AvgIpc) is 2.83. The van der Waals surface area contributed by atoms with E-state index in [2.05, 4.69) is 10.6 Å². The van der Waals surface area contributed by atoms with Gasteiger partial charge in [-0.1, -0.05) is 42.0 Å². The topological polar surface area (TPSA) is 91.2 Å². The number of nitrogens with zero attached hydrogens (tertiary/aromatic N) is 1. The zero-order valence-electron chi connectivity index (χ0n) is 18.5. The minimum absolute atomic E-state index is 0.108. The molecule has 0 aliphatic heterocycles. The van der Waals surface area contributed by atoms with Crippen molar-refractivity contribution in [2.45, 2.75) is 13.1 Å². The molecule has 9 heteroatoms. The maximum absolute atomic E-state index is 12.9. The first-order valence-corrected chi connectivity index (χ1v) is 10.3. The van der Waals surface area contributed by atoms with Crippen LogP contribution >= 0.6 is 0 Å². The molecule has 0 atom stereocenters. The number of carbonyl (C=O) groups excluding carboxylic acids is 2. The molecular weight excluding hydrogens is 459 g/mol. The molecule has 0 heterocycles. The molecule has 178 valence electrons. The normalized spacial score (nSPS) is 11.3. The maximum atomic E-state index is 12.9. The molecule has 3 aromatic carbocycles. The average molecular weight is 479 g/mol. The van der Waals surface area contributed by atoms with E-state index in [4.69, 9.17) is 4.74 Å². The predicted molar refractivity (Wildman–Crippen MR) is 125 cm³/mol. The van der Waals surface area contributed by atoms with Crippen molar-refractivity contribution in [3.63, 3.8) is 0 Å². The number of rotatable bonds is 7. The number of nitriles is 1. The molecule has 0 fully saturated rings. The number of amides is 2. The summed E-state index contributed by atoms with van der Waals surface area (Å²) < 4.78 is 44.3. The number of benzene rings is 3. The minimum Gasteiger partial charge on any atom is -0.483 e. The van der Waals surface area contributed by atoms with Gasteiger partial charge in [0.1, 0.15) is 17.4 Å². The van der Waals surface area contributed by atoms with Crippen LogP contribution in [0.25, 0.3) is 6.08 Å². The molecule has 0 unspecified atom stereocenters. The first kappa shape index (κ1) is 25.1. The van der Waals surface area contributed by atoms with E-state index in [0.29, 0.717) is 11.3 Å². The molecular formula is C26H20F3N3O3. The number of aryl methyl sites for hydroxylation is 1. The van der Waals surface area contributed by atoms with Crippen molar-refractivity contribution in [3.8, 4) is 11.8 Å². The fourth-order valence-electron chi connectivity index (χ4n) is 2.98. The Hall–Kier alpha value is -4.58. The summed E-state index contributed by atoms with van der Waals surface area (Å²) in [7, 11) is 0. The summed E-state index contributed by atoms with van der Waals surface area (Å²) in [4.78, 5) is 24.7. The number of nitrogens with one attached hydrogen (secondary N) is 2. The number of hydrogen-bond donors (Lipinski definition) is 2. The SMILES string of the molecule is Cc1ccc(NC(=O)COc2ccccc2/C=C(\C#N)C(=O)Nc2cccc(C(F)(F)F)c2)cc1. The van der Waals surface area contributed by atoms with Gasteiger partial charge in [-0.2, -0.15) is 18.4 Å². The third kappa shape index (κ3) is 7.20. The van der Waals surface area contributed by atoms with Gasteiger partial charge in [0.2, 0.25) is 0 Å². The Morgan fingerprint density at radius 1 is 0.971 bits per heavy atom. The largest absolute Gasteiger partial charge is 0.483 e. The molecule has 0 radical (unpaired) electrons. The van der Waals surface area contributed by atoms with Crippen LogP contribution in [-0.2, 0) is 15.8 Å². The van der Waals surface area contributed by atoms with Gasteiger partial charge >= 0.3 is 6.18 Å². The van der Waals surface area contributed by atoms with Crippen molar-refractivity contribution in [1.29, 1.82) is 5.26 Å². The highest BCUT2D eigenvalue weighted by atomic mass is 19.4. The fraction of sp³-hybridized carbons (Fsp3) is 0.115. The highest BCUT2D eigenvalue weighted by molar-refractivity contribution is 6.09. The van der Waals surface area contributed by atoms with E-state index in [1.807, 2.05) is 19.1 Å². The number of alkyl halides is 3. The van der Waals surface area contributed by atoms with Gasteiger partial charge in [-0.25, -0.2) is 0 Å². The molecule has 0 aromatic heterocycles. The molecule has 0 aliphatic carbocycles. The van der Waals surface area contributed by atoms with E-state index in [1.54, 1.807) is 42.5 Å². The number of ether oxygens (including phenoxy) is 1. The predicted octanol–water partition coefficient (Wildman–Crippen LogP) is 5.58. The number of carbonyl (C=O) groups is 2. The Labute approximate surface area is 199 Å². The van der Waals surface area contributed by atoms with Gasteiger partial charge in [0.25, 0.3) is 11.8 Å². The molecule has 35 heavy (non-hydrogen) atoms. The van der Waals surface area contributed by atoms with Gasteiger partial charge in [-0.3, -0.25) is 9.59 Å². The Balaban J connectivity index is 1.71. The molecule has 0 spiro atoms. The summed E-state index contributed by atoms with van der Waals surface area (Å²) in [6, 6.07) is 19.5. The zero-order chi connectivity index (χ0) is 25.4. The second-order valence-corrected chi connectivity index (χ2v) is 7.44. The van der Waals surface area contributed by atoms with Crippen LogP contribution in [0, 0.1) is 18.3 Å². The van der Waals surface area contributed by atoms with Gasteiger partial charge in [-0.15, -0.1) is 0 Å². The Bertz CT molecular complexity index is 1290. The summed E-state index contributed by atoms with van der Waals surface area (Å²) in [5.74, 6) is -1.06. The lowest BCUT2D eigenvalue weighted by Crippen LogP contribution is -2.20. The summed E-state index contributed by atoms with van der Waals surface area (Å²) >= 11 is 0. The Morgan fingerprint density at radius 2 is 1.69 bits per heavy atom. The van der Waals surface area contributed by atoms with Crippen LogP contribution in [0.15, 0.2) is 78.4 Å². The number of para-hydroxylation sites is 1. The standard InChI is InChI=1S/C26H20F3N3O3/c1-17-9-11-21(12-10-17)31-24(33)16-35-23-8-3-2-5-18(23)13-19(15-30)25(34)32-22-7-4-6-20(14-22)26(27,28)29/h2-14H,16H2,1H3,(H,31,33)(H,32,34)/b19-13+. The van der Waals surface area contributed by atoms with Crippen molar-refractivity contribution < 1.29 is 27.5 Å². The van der Waals surface area contributed by atoms with E-state index in [1.165, 1.54) is 12.1 Å². The van der Waals surface area contributed by atoms with Crippen LogP contribution in [0.3, 0.4) is 0 Å². The Morgan fingerprint density at radius 3 is 2.37 bits per heavy atom. The first-order chi connectivity index (χ1) is 16.7. The highest BCUT2D eigenvalue weighted by Crippen LogP contribution is 2.31. The van der Waals surface area contributed by atoms with E-state index < -0.39 is 23.6 Å².